The van der Waals surface area contributed by atoms with E-state index in [1.54, 1.807) is 24.3 Å². The van der Waals surface area contributed by atoms with Crippen LogP contribution >= 0.6 is 0 Å². The molecule has 4 nitrogen and oxygen atoms in total. The molecule has 1 aromatic carbocycles. The average molecular weight is 249 g/mol. The fourth-order valence-corrected chi connectivity index (χ4v) is 1.39. The number of carbonyl (C=O) groups is 2. The highest BCUT2D eigenvalue weighted by atomic mass is 16.5. The molecule has 0 radical (unpaired) electrons. The van der Waals surface area contributed by atoms with Gasteiger partial charge in [-0.25, -0.2) is 0 Å². The van der Waals surface area contributed by atoms with Crippen molar-refractivity contribution in [2.45, 2.75) is 27.2 Å². The van der Waals surface area contributed by atoms with Gasteiger partial charge in [-0.3, -0.25) is 9.59 Å². The second-order valence-corrected chi connectivity index (χ2v) is 5.31. The van der Waals surface area contributed by atoms with Gasteiger partial charge < -0.3 is 10.1 Å². The van der Waals surface area contributed by atoms with Gasteiger partial charge in [-0.05, 0) is 36.1 Å². The van der Waals surface area contributed by atoms with Crippen molar-refractivity contribution in [2.75, 3.05) is 6.54 Å². The van der Waals surface area contributed by atoms with Crippen molar-refractivity contribution >= 4 is 12.4 Å². The molecule has 4 heteroatoms. The van der Waals surface area contributed by atoms with E-state index in [2.05, 4.69) is 30.8 Å². The van der Waals surface area contributed by atoms with E-state index in [1.165, 1.54) is 0 Å². The SMILES string of the molecule is CC(C)(C)CCNC(=O)c1ccc(OC=O)cc1. The van der Waals surface area contributed by atoms with E-state index in [-0.39, 0.29) is 11.3 Å². The van der Waals surface area contributed by atoms with E-state index in [0.717, 1.165) is 6.42 Å². The fourth-order valence-electron chi connectivity index (χ4n) is 1.39. The number of ether oxygens (including phenoxy) is 1. The third kappa shape index (κ3) is 4.99. The highest BCUT2D eigenvalue weighted by Crippen LogP contribution is 2.17. The van der Waals surface area contributed by atoms with E-state index in [9.17, 15) is 9.59 Å². The first kappa shape index (κ1) is 14.2. The number of hydrogen-bond donors (Lipinski definition) is 1. The minimum atomic E-state index is -0.114. The molecule has 0 unspecified atom stereocenters. The molecule has 0 aliphatic carbocycles. The highest BCUT2D eigenvalue weighted by Gasteiger charge is 2.11. The molecule has 0 spiro atoms. The van der Waals surface area contributed by atoms with Crippen LogP contribution in [0.5, 0.6) is 5.75 Å². The molecular weight excluding hydrogens is 230 g/mol. The second-order valence-electron chi connectivity index (χ2n) is 5.31. The van der Waals surface area contributed by atoms with Crippen LogP contribution in [0.15, 0.2) is 24.3 Å². The van der Waals surface area contributed by atoms with Crippen LogP contribution < -0.4 is 10.1 Å². The lowest BCUT2D eigenvalue weighted by atomic mass is 9.92. The van der Waals surface area contributed by atoms with Gasteiger partial charge in [0, 0.05) is 12.1 Å². The van der Waals surface area contributed by atoms with Crippen molar-refractivity contribution in [1.82, 2.24) is 5.32 Å². The standard InChI is InChI=1S/C14H19NO3/c1-14(2,3)8-9-15-13(17)11-4-6-12(7-5-11)18-10-16/h4-7,10H,8-9H2,1-3H3,(H,15,17). The summed E-state index contributed by atoms with van der Waals surface area (Å²) in [6.07, 6.45) is 0.922. The third-order valence-electron chi connectivity index (χ3n) is 2.46. The quantitative estimate of drug-likeness (QED) is 0.815. The minimum absolute atomic E-state index is 0.114. The number of amides is 1. The third-order valence-corrected chi connectivity index (χ3v) is 2.46. The zero-order chi connectivity index (χ0) is 13.6. The Morgan fingerprint density at radius 2 is 1.89 bits per heavy atom. The zero-order valence-electron chi connectivity index (χ0n) is 11.0. The first-order valence-corrected chi connectivity index (χ1v) is 5.91. The molecule has 0 heterocycles. The Kier molecular flexibility index (Phi) is 4.89. The van der Waals surface area contributed by atoms with Gasteiger partial charge in [0.2, 0.25) is 0 Å². The van der Waals surface area contributed by atoms with Crippen LogP contribution in [-0.4, -0.2) is 18.9 Å². The number of rotatable bonds is 5. The number of carbonyl (C=O) groups excluding carboxylic acids is 2. The maximum absolute atomic E-state index is 11.8. The first-order valence-electron chi connectivity index (χ1n) is 5.91. The lowest BCUT2D eigenvalue weighted by Gasteiger charge is -2.18. The van der Waals surface area contributed by atoms with Crippen molar-refractivity contribution in [1.29, 1.82) is 0 Å². The van der Waals surface area contributed by atoms with Gasteiger partial charge >= 0.3 is 0 Å². The molecule has 0 bridgehead atoms. The maximum atomic E-state index is 11.8. The van der Waals surface area contributed by atoms with Gasteiger partial charge in [0.1, 0.15) is 5.75 Å². The Hall–Kier alpha value is -1.84. The molecular formula is C14H19NO3. The van der Waals surface area contributed by atoms with Gasteiger partial charge in [-0.15, -0.1) is 0 Å². The summed E-state index contributed by atoms with van der Waals surface area (Å²) in [5.74, 6) is 0.313. The molecule has 1 rings (SSSR count). The van der Waals surface area contributed by atoms with Gasteiger partial charge in [-0.2, -0.15) is 0 Å². The van der Waals surface area contributed by atoms with Crippen LogP contribution in [0, 0.1) is 5.41 Å². The van der Waals surface area contributed by atoms with Crippen molar-refractivity contribution in [3.05, 3.63) is 29.8 Å². The summed E-state index contributed by atoms with van der Waals surface area (Å²) in [6, 6.07) is 6.44. The summed E-state index contributed by atoms with van der Waals surface area (Å²) in [7, 11) is 0. The maximum Gasteiger partial charge on any atom is 0.298 e. The topological polar surface area (TPSA) is 55.4 Å². The van der Waals surface area contributed by atoms with Crippen molar-refractivity contribution < 1.29 is 14.3 Å². The van der Waals surface area contributed by atoms with Crippen LogP contribution in [0.4, 0.5) is 0 Å². The Morgan fingerprint density at radius 1 is 1.28 bits per heavy atom. The molecule has 18 heavy (non-hydrogen) atoms. The van der Waals surface area contributed by atoms with E-state index in [1.807, 2.05) is 0 Å². The second kappa shape index (κ2) is 6.19. The Morgan fingerprint density at radius 3 is 2.39 bits per heavy atom. The lowest BCUT2D eigenvalue weighted by Crippen LogP contribution is -2.27. The summed E-state index contributed by atoms with van der Waals surface area (Å²) in [5.41, 5.74) is 0.761. The van der Waals surface area contributed by atoms with Gasteiger partial charge in [-0.1, -0.05) is 20.8 Å². The Bertz CT molecular complexity index is 404. The summed E-state index contributed by atoms with van der Waals surface area (Å²) >= 11 is 0. The molecule has 0 aliphatic rings. The Balaban J connectivity index is 2.49. The van der Waals surface area contributed by atoms with Crippen molar-refractivity contribution in [3.8, 4) is 5.75 Å². The lowest BCUT2D eigenvalue weighted by molar-refractivity contribution is -0.120. The predicted molar refractivity (Wildman–Crippen MR) is 69.5 cm³/mol. The van der Waals surface area contributed by atoms with Crippen molar-refractivity contribution in [2.24, 2.45) is 5.41 Å². The molecule has 1 N–H and O–H groups in total. The van der Waals surface area contributed by atoms with Crippen LogP contribution in [0.1, 0.15) is 37.6 Å². The van der Waals surface area contributed by atoms with Crippen LogP contribution in [0.2, 0.25) is 0 Å². The summed E-state index contributed by atoms with van der Waals surface area (Å²) in [4.78, 5) is 21.9. The monoisotopic (exact) mass is 249 g/mol. The summed E-state index contributed by atoms with van der Waals surface area (Å²) in [6.45, 7) is 7.40. The fraction of sp³-hybridized carbons (Fsp3) is 0.429. The van der Waals surface area contributed by atoms with Gasteiger partial charge in [0.15, 0.2) is 0 Å². The molecule has 0 saturated heterocycles. The smallest absolute Gasteiger partial charge is 0.298 e. The Labute approximate surface area is 107 Å². The number of benzene rings is 1. The number of nitrogens with one attached hydrogen (secondary N) is 1. The molecule has 0 aromatic heterocycles. The zero-order valence-corrected chi connectivity index (χ0v) is 11.0. The highest BCUT2D eigenvalue weighted by molar-refractivity contribution is 5.94. The molecule has 1 aromatic rings. The van der Waals surface area contributed by atoms with E-state index < -0.39 is 0 Å². The van der Waals surface area contributed by atoms with E-state index >= 15 is 0 Å². The largest absolute Gasteiger partial charge is 0.429 e. The van der Waals surface area contributed by atoms with E-state index in [0.29, 0.717) is 24.3 Å². The van der Waals surface area contributed by atoms with Crippen LogP contribution in [0.25, 0.3) is 0 Å². The van der Waals surface area contributed by atoms with Crippen molar-refractivity contribution in [3.63, 3.8) is 0 Å². The summed E-state index contributed by atoms with van der Waals surface area (Å²) in [5, 5.41) is 2.86. The molecule has 0 saturated carbocycles. The molecule has 0 aliphatic heterocycles. The molecule has 98 valence electrons. The normalized spacial score (nSPS) is 10.8. The van der Waals surface area contributed by atoms with Crippen LogP contribution in [0.3, 0.4) is 0 Å². The number of hydrogen-bond acceptors (Lipinski definition) is 3. The predicted octanol–water partition coefficient (Wildman–Crippen LogP) is 2.39. The molecule has 0 atom stereocenters. The first-order chi connectivity index (χ1) is 8.42. The van der Waals surface area contributed by atoms with Crippen LogP contribution in [-0.2, 0) is 4.79 Å². The molecule has 1 amide bonds. The summed E-state index contributed by atoms with van der Waals surface area (Å²) < 4.78 is 4.65. The van der Waals surface area contributed by atoms with E-state index in [4.69, 9.17) is 0 Å². The van der Waals surface area contributed by atoms with Gasteiger partial charge in [0.05, 0.1) is 0 Å². The molecule has 0 fully saturated rings. The minimum Gasteiger partial charge on any atom is -0.429 e. The van der Waals surface area contributed by atoms with Gasteiger partial charge in [0.25, 0.3) is 12.4 Å². The average Bonchev–Trinajstić information content (AvgIpc) is 2.28.